The molecule has 0 bridgehead atoms. The molecule has 8 rings (SSSR count). The van der Waals surface area contributed by atoms with Crippen molar-refractivity contribution in [1.29, 1.82) is 0 Å². The van der Waals surface area contributed by atoms with Crippen LogP contribution in [0.2, 0.25) is 10.0 Å². The fraction of sp³-hybridized carbons (Fsp3) is 0.475. The topological polar surface area (TPSA) is 180 Å². The number of aromatic amines is 1. The van der Waals surface area contributed by atoms with Gasteiger partial charge < -0.3 is 25.3 Å². The van der Waals surface area contributed by atoms with Crippen LogP contribution in [0.1, 0.15) is 92.9 Å². The van der Waals surface area contributed by atoms with Crippen molar-refractivity contribution in [3.8, 4) is 0 Å². The van der Waals surface area contributed by atoms with Crippen LogP contribution in [-0.4, -0.2) is 124 Å². The summed E-state index contributed by atoms with van der Waals surface area (Å²) >= 11 is 12.4. The summed E-state index contributed by atoms with van der Waals surface area (Å²) in [6, 6.07) is 9.72. The third-order valence-electron chi connectivity index (χ3n) is 12.2. The van der Waals surface area contributed by atoms with Gasteiger partial charge in [0, 0.05) is 56.9 Å². The lowest BCUT2D eigenvalue weighted by atomic mass is 9.93. The molecule has 0 spiro atoms. The molecule has 4 saturated heterocycles. The molecule has 4 N–H and O–H groups in total. The molecule has 15 nitrogen and oxygen atoms in total. The fourth-order valence-corrected chi connectivity index (χ4v) is 9.55. The van der Waals surface area contributed by atoms with Crippen LogP contribution >= 0.6 is 23.2 Å². The zero-order chi connectivity index (χ0) is 39.8. The van der Waals surface area contributed by atoms with Crippen LogP contribution in [0.5, 0.6) is 0 Å². The maximum atomic E-state index is 13.3. The second-order valence-electron chi connectivity index (χ2n) is 15.6. The first kappa shape index (κ1) is 39.0. The highest BCUT2D eigenvalue weighted by atomic mass is 35.5. The second kappa shape index (κ2) is 16.6. The molecule has 0 saturated carbocycles. The highest BCUT2D eigenvalue weighted by Gasteiger charge is 2.45. The molecule has 1 aromatic heterocycles. The Morgan fingerprint density at radius 3 is 2.21 bits per heavy atom. The number of fused-ring (bicyclic) bond motifs is 1. The first-order valence-electron chi connectivity index (χ1n) is 19.7. The molecule has 0 aliphatic carbocycles. The molecule has 2 aromatic carbocycles. The van der Waals surface area contributed by atoms with Gasteiger partial charge in [-0.15, -0.1) is 0 Å². The van der Waals surface area contributed by atoms with Crippen LogP contribution in [0, 0.1) is 5.92 Å². The molecule has 4 fully saturated rings. The van der Waals surface area contributed by atoms with E-state index >= 15 is 0 Å². The lowest BCUT2D eigenvalue weighted by Gasteiger charge is -2.43. The summed E-state index contributed by atoms with van der Waals surface area (Å²) in [5.41, 5.74) is 2.06. The molecule has 6 heterocycles. The minimum Gasteiger partial charge on any atom is -0.371 e. The van der Waals surface area contributed by atoms with Gasteiger partial charge in [-0.25, -0.2) is 0 Å². The quantitative estimate of drug-likeness (QED) is 0.231. The SMILES string of the molecule is O=C1CCC(N2C(=O)c3ccc(N4CCC(CN5CCC(N6CCC(NC(=O)c7[nH]ncc7NC(=O)c7c(Cl)cccc7Cl)CC6)CC5)CC4)cc3C2=O)C(=O)N1. The van der Waals surface area contributed by atoms with Gasteiger partial charge in [-0.3, -0.25) is 44.1 Å². The number of benzene rings is 2. The Morgan fingerprint density at radius 2 is 1.51 bits per heavy atom. The van der Waals surface area contributed by atoms with Gasteiger partial charge in [-0.1, -0.05) is 29.3 Å². The highest BCUT2D eigenvalue weighted by molar-refractivity contribution is 6.40. The molecule has 6 amide bonds. The molecule has 3 aromatic rings. The number of hydrogen-bond acceptors (Lipinski definition) is 10. The van der Waals surface area contributed by atoms with E-state index in [9.17, 15) is 28.8 Å². The molecule has 17 heteroatoms. The van der Waals surface area contributed by atoms with Crippen molar-refractivity contribution in [2.45, 2.75) is 69.5 Å². The summed E-state index contributed by atoms with van der Waals surface area (Å²) < 4.78 is 0. The number of imide groups is 2. The second-order valence-corrected chi connectivity index (χ2v) is 16.4. The summed E-state index contributed by atoms with van der Waals surface area (Å²) in [5, 5.41) is 15.2. The number of carbonyl (C=O) groups is 6. The summed E-state index contributed by atoms with van der Waals surface area (Å²) in [6.07, 6.45) is 7.58. The predicted molar refractivity (Wildman–Crippen MR) is 213 cm³/mol. The van der Waals surface area contributed by atoms with Gasteiger partial charge in [-0.05, 0) is 94.3 Å². The zero-order valence-electron chi connectivity index (χ0n) is 31.4. The van der Waals surface area contributed by atoms with Gasteiger partial charge in [-0.2, -0.15) is 5.10 Å². The zero-order valence-corrected chi connectivity index (χ0v) is 32.9. The number of nitrogens with zero attached hydrogens (tertiary/aromatic N) is 5. The molecular formula is C40H45Cl2N9O6. The van der Waals surface area contributed by atoms with E-state index in [1.165, 1.54) is 6.20 Å². The van der Waals surface area contributed by atoms with Crippen LogP contribution in [0.25, 0.3) is 0 Å². The van der Waals surface area contributed by atoms with Crippen molar-refractivity contribution in [1.82, 2.24) is 35.5 Å². The number of halogens is 2. The van der Waals surface area contributed by atoms with E-state index in [0.29, 0.717) is 23.1 Å². The van der Waals surface area contributed by atoms with Gasteiger partial charge in [0.2, 0.25) is 11.8 Å². The van der Waals surface area contributed by atoms with Crippen molar-refractivity contribution >= 4 is 70.0 Å². The number of carbonyl (C=O) groups excluding carboxylic acids is 6. The first-order valence-corrected chi connectivity index (χ1v) is 20.5. The summed E-state index contributed by atoms with van der Waals surface area (Å²) in [4.78, 5) is 85.0. The van der Waals surface area contributed by atoms with Crippen molar-refractivity contribution in [3.63, 3.8) is 0 Å². The Morgan fingerprint density at radius 1 is 0.807 bits per heavy atom. The Balaban J connectivity index is 0.755. The Kier molecular flexibility index (Phi) is 11.3. The van der Waals surface area contributed by atoms with Gasteiger partial charge in [0.05, 0.1) is 38.6 Å². The van der Waals surface area contributed by atoms with Gasteiger partial charge >= 0.3 is 0 Å². The van der Waals surface area contributed by atoms with E-state index in [0.717, 1.165) is 94.9 Å². The van der Waals surface area contributed by atoms with E-state index < -0.39 is 35.6 Å². The average molecular weight is 819 g/mol. The molecule has 5 aliphatic rings. The van der Waals surface area contributed by atoms with E-state index in [4.69, 9.17) is 23.2 Å². The third kappa shape index (κ3) is 8.15. The number of hydrogen-bond donors (Lipinski definition) is 4. The number of piperidine rings is 4. The lowest BCUT2D eigenvalue weighted by Crippen LogP contribution is -2.54. The van der Waals surface area contributed by atoms with Crippen molar-refractivity contribution < 1.29 is 28.8 Å². The molecular weight excluding hydrogens is 773 g/mol. The van der Waals surface area contributed by atoms with Crippen LogP contribution in [0.3, 0.4) is 0 Å². The van der Waals surface area contributed by atoms with Crippen molar-refractivity contribution in [2.75, 3.05) is 56.0 Å². The van der Waals surface area contributed by atoms with Gasteiger partial charge in [0.25, 0.3) is 23.6 Å². The van der Waals surface area contributed by atoms with Crippen molar-refractivity contribution in [3.05, 3.63) is 75.0 Å². The maximum Gasteiger partial charge on any atom is 0.271 e. The summed E-state index contributed by atoms with van der Waals surface area (Å²) in [7, 11) is 0. The molecule has 1 unspecified atom stereocenters. The van der Waals surface area contributed by atoms with Crippen LogP contribution in [0.15, 0.2) is 42.6 Å². The maximum absolute atomic E-state index is 13.3. The third-order valence-corrected chi connectivity index (χ3v) is 12.8. The van der Waals surface area contributed by atoms with E-state index in [1.54, 1.807) is 30.3 Å². The smallest absolute Gasteiger partial charge is 0.271 e. The first-order chi connectivity index (χ1) is 27.5. The minimum atomic E-state index is -0.971. The highest BCUT2D eigenvalue weighted by Crippen LogP contribution is 2.33. The van der Waals surface area contributed by atoms with Crippen molar-refractivity contribution in [2.24, 2.45) is 5.92 Å². The molecule has 0 radical (unpaired) electrons. The normalized spacial score (nSPS) is 21.8. The number of rotatable bonds is 9. The van der Waals surface area contributed by atoms with Gasteiger partial charge in [0.1, 0.15) is 11.7 Å². The largest absolute Gasteiger partial charge is 0.371 e. The number of anilines is 2. The summed E-state index contributed by atoms with van der Waals surface area (Å²) in [5.74, 6) is -2.25. The van der Waals surface area contributed by atoms with E-state index in [1.807, 2.05) is 6.07 Å². The number of likely N-dealkylation sites (tertiary alicyclic amines) is 2. The van der Waals surface area contributed by atoms with Crippen LogP contribution < -0.4 is 20.9 Å². The predicted octanol–water partition coefficient (Wildman–Crippen LogP) is 3.95. The molecule has 1 atom stereocenters. The molecule has 5 aliphatic heterocycles. The van der Waals surface area contributed by atoms with E-state index in [-0.39, 0.29) is 51.8 Å². The van der Waals surface area contributed by atoms with Crippen LogP contribution in [0.4, 0.5) is 11.4 Å². The average Bonchev–Trinajstić information content (AvgIpc) is 3.76. The minimum absolute atomic E-state index is 0.0110. The monoisotopic (exact) mass is 817 g/mol. The number of amides is 6. The number of aromatic nitrogens is 2. The molecule has 57 heavy (non-hydrogen) atoms. The van der Waals surface area contributed by atoms with Gasteiger partial charge in [0.15, 0.2) is 0 Å². The summed E-state index contributed by atoms with van der Waals surface area (Å²) in [6.45, 7) is 6.70. The Labute approximate surface area is 339 Å². The lowest BCUT2D eigenvalue weighted by molar-refractivity contribution is -0.136. The standard InChI is InChI=1S/C40H45Cl2N9O6/c41-29-2-1-3-30(42)34(29)37(54)45-31-21-43-47-35(31)38(55)44-24-10-18-49(19-11-24)25-12-14-48(15-13-25)22-23-8-16-50(17-9-23)26-4-5-27-28(20-26)40(57)51(39(27)56)32-6-7-33(52)46-36(32)53/h1-5,20-21,23-25,32H,6-19,22H2,(H,43,47)(H,44,55)(H,45,54)(H,46,52,53). The number of H-pyrrole nitrogens is 1. The Hall–Kier alpha value is -4.83. The van der Waals surface area contributed by atoms with E-state index in [2.05, 4.69) is 40.8 Å². The number of nitrogens with one attached hydrogen (secondary N) is 4. The Bertz CT molecular complexity index is 2070. The molecule has 300 valence electrons. The van der Waals surface area contributed by atoms with Crippen LogP contribution in [-0.2, 0) is 9.59 Å². The fourth-order valence-electron chi connectivity index (χ4n) is 8.98.